The van der Waals surface area contributed by atoms with Crippen LogP contribution in [-0.2, 0) is 0 Å². The molecule has 3 nitrogen and oxygen atoms in total. The first kappa shape index (κ1) is 13.7. The molecule has 0 bridgehead atoms. The van der Waals surface area contributed by atoms with Gasteiger partial charge >= 0.3 is 5.97 Å². The number of rotatable bonds is 3. The molecule has 108 valence electrons. The van der Waals surface area contributed by atoms with E-state index in [-0.39, 0.29) is 16.7 Å². The van der Waals surface area contributed by atoms with Crippen molar-refractivity contribution in [1.82, 2.24) is 0 Å². The molecule has 1 unspecified atom stereocenters. The lowest BCUT2D eigenvalue weighted by molar-refractivity contribution is -0.0703. The third-order valence-electron chi connectivity index (χ3n) is 4.88. The Morgan fingerprint density at radius 2 is 2.00 bits per heavy atom. The predicted molar refractivity (Wildman–Crippen MR) is 77.6 cm³/mol. The SMILES string of the molecule is O=C(O)c1cc(OC2CCC23CCCCC3)ccc1Cl. The van der Waals surface area contributed by atoms with Crippen LogP contribution in [0.4, 0.5) is 0 Å². The lowest BCUT2D eigenvalue weighted by Gasteiger charge is -2.51. The topological polar surface area (TPSA) is 46.5 Å². The van der Waals surface area contributed by atoms with E-state index in [0.717, 1.165) is 6.42 Å². The fourth-order valence-corrected chi connectivity index (χ4v) is 3.79. The molecule has 1 aromatic carbocycles. The van der Waals surface area contributed by atoms with Crippen LogP contribution >= 0.6 is 11.6 Å². The molecular formula is C16H19ClO3. The Labute approximate surface area is 123 Å². The van der Waals surface area contributed by atoms with Gasteiger partial charge in [0.2, 0.25) is 0 Å². The van der Waals surface area contributed by atoms with Crippen LogP contribution in [-0.4, -0.2) is 17.2 Å². The van der Waals surface area contributed by atoms with Gasteiger partial charge in [-0.1, -0.05) is 30.9 Å². The van der Waals surface area contributed by atoms with Crippen molar-refractivity contribution in [2.75, 3.05) is 0 Å². The van der Waals surface area contributed by atoms with Gasteiger partial charge in [0.25, 0.3) is 0 Å². The van der Waals surface area contributed by atoms with E-state index >= 15 is 0 Å². The first-order valence-corrected chi connectivity index (χ1v) is 7.68. The number of benzene rings is 1. The molecule has 20 heavy (non-hydrogen) atoms. The number of carboxylic acids is 1. The molecule has 0 radical (unpaired) electrons. The van der Waals surface area contributed by atoms with E-state index in [1.807, 2.05) is 0 Å². The lowest BCUT2D eigenvalue weighted by atomic mass is 9.58. The van der Waals surface area contributed by atoms with Crippen LogP contribution in [0.1, 0.15) is 55.3 Å². The molecule has 0 aliphatic heterocycles. The second-order valence-electron chi connectivity index (χ2n) is 6.02. The van der Waals surface area contributed by atoms with Gasteiger partial charge in [0.1, 0.15) is 11.9 Å². The number of hydrogen-bond donors (Lipinski definition) is 1. The summed E-state index contributed by atoms with van der Waals surface area (Å²) in [5.74, 6) is -0.386. The van der Waals surface area contributed by atoms with Crippen LogP contribution in [0.2, 0.25) is 5.02 Å². The fourth-order valence-electron chi connectivity index (χ4n) is 3.59. The monoisotopic (exact) mass is 294 g/mol. The number of carbonyl (C=O) groups is 1. The highest BCUT2D eigenvalue weighted by atomic mass is 35.5. The Bertz CT molecular complexity index is 520. The van der Waals surface area contributed by atoms with Crippen LogP contribution < -0.4 is 4.74 Å². The summed E-state index contributed by atoms with van der Waals surface area (Å²) >= 11 is 5.88. The standard InChI is InChI=1S/C16H19ClO3/c17-13-5-4-11(10-12(13)15(18)19)20-14-6-9-16(14)7-2-1-3-8-16/h4-5,10,14H,1-3,6-9H2,(H,18,19). The summed E-state index contributed by atoms with van der Waals surface area (Å²) in [5, 5.41) is 9.35. The minimum Gasteiger partial charge on any atom is -0.490 e. The molecule has 1 N–H and O–H groups in total. The number of hydrogen-bond acceptors (Lipinski definition) is 2. The summed E-state index contributed by atoms with van der Waals surface area (Å²) in [6.07, 6.45) is 8.97. The molecule has 0 amide bonds. The van der Waals surface area contributed by atoms with Gasteiger partial charge in [0.15, 0.2) is 0 Å². The lowest BCUT2D eigenvalue weighted by Crippen LogP contribution is -2.49. The van der Waals surface area contributed by atoms with E-state index < -0.39 is 5.97 Å². The molecule has 2 saturated carbocycles. The maximum atomic E-state index is 11.1. The van der Waals surface area contributed by atoms with E-state index in [4.69, 9.17) is 21.4 Å². The molecular weight excluding hydrogens is 276 g/mol. The minimum absolute atomic E-state index is 0.112. The first-order valence-electron chi connectivity index (χ1n) is 7.30. The van der Waals surface area contributed by atoms with Gasteiger partial charge in [-0.2, -0.15) is 0 Å². The average Bonchev–Trinajstić information content (AvgIpc) is 2.45. The van der Waals surface area contributed by atoms with Crippen molar-refractivity contribution in [2.45, 2.75) is 51.0 Å². The zero-order chi connectivity index (χ0) is 14.2. The number of halogens is 1. The Morgan fingerprint density at radius 1 is 1.25 bits per heavy atom. The molecule has 1 aromatic rings. The molecule has 2 aliphatic carbocycles. The molecule has 3 rings (SSSR count). The van der Waals surface area contributed by atoms with Crippen molar-refractivity contribution >= 4 is 17.6 Å². The summed E-state index contributed by atoms with van der Waals surface area (Å²) in [5.41, 5.74) is 0.461. The zero-order valence-corrected chi connectivity index (χ0v) is 12.2. The normalized spacial score (nSPS) is 24.1. The average molecular weight is 295 g/mol. The van der Waals surface area contributed by atoms with Crippen molar-refractivity contribution in [3.8, 4) is 5.75 Å². The van der Waals surface area contributed by atoms with E-state index in [2.05, 4.69) is 0 Å². The highest BCUT2D eigenvalue weighted by molar-refractivity contribution is 6.33. The van der Waals surface area contributed by atoms with Gasteiger partial charge in [-0.3, -0.25) is 0 Å². The summed E-state index contributed by atoms with van der Waals surface area (Å²) in [4.78, 5) is 11.1. The molecule has 4 heteroatoms. The van der Waals surface area contributed by atoms with Crippen molar-refractivity contribution in [1.29, 1.82) is 0 Å². The van der Waals surface area contributed by atoms with Gasteiger partial charge in [-0.05, 0) is 43.9 Å². The number of carboxylic acid groups (broad SMARTS) is 1. The minimum atomic E-state index is -1.01. The Kier molecular flexibility index (Phi) is 3.63. The van der Waals surface area contributed by atoms with Gasteiger partial charge in [-0.25, -0.2) is 4.79 Å². The van der Waals surface area contributed by atoms with Gasteiger partial charge in [-0.15, -0.1) is 0 Å². The zero-order valence-electron chi connectivity index (χ0n) is 11.4. The van der Waals surface area contributed by atoms with Gasteiger partial charge < -0.3 is 9.84 Å². The maximum Gasteiger partial charge on any atom is 0.337 e. The number of ether oxygens (including phenoxy) is 1. The Hall–Kier alpha value is -1.22. The van der Waals surface area contributed by atoms with E-state index in [0.29, 0.717) is 11.2 Å². The third-order valence-corrected chi connectivity index (χ3v) is 5.21. The van der Waals surface area contributed by atoms with Crippen molar-refractivity contribution in [3.63, 3.8) is 0 Å². The summed E-state index contributed by atoms with van der Waals surface area (Å²) in [6.45, 7) is 0. The molecule has 1 atom stereocenters. The van der Waals surface area contributed by atoms with Crippen molar-refractivity contribution in [2.24, 2.45) is 5.41 Å². The van der Waals surface area contributed by atoms with Gasteiger partial charge in [0, 0.05) is 5.41 Å². The van der Waals surface area contributed by atoms with Crippen LogP contribution in [0.25, 0.3) is 0 Å². The van der Waals surface area contributed by atoms with Crippen LogP contribution in [0.3, 0.4) is 0 Å². The second-order valence-corrected chi connectivity index (χ2v) is 6.42. The predicted octanol–water partition coefficient (Wildman–Crippen LogP) is 4.53. The van der Waals surface area contributed by atoms with Crippen molar-refractivity contribution < 1.29 is 14.6 Å². The van der Waals surface area contributed by atoms with Crippen LogP contribution in [0.5, 0.6) is 5.75 Å². The first-order chi connectivity index (χ1) is 9.61. The molecule has 1 spiro atoms. The Balaban J connectivity index is 1.75. The van der Waals surface area contributed by atoms with Gasteiger partial charge in [0.05, 0.1) is 10.6 Å². The Morgan fingerprint density at radius 3 is 2.60 bits per heavy atom. The molecule has 0 saturated heterocycles. The summed E-state index contributed by atoms with van der Waals surface area (Å²) < 4.78 is 6.07. The van der Waals surface area contributed by atoms with Crippen molar-refractivity contribution in [3.05, 3.63) is 28.8 Å². The quantitative estimate of drug-likeness (QED) is 0.891. The van der Waals surface area contributed by atoms with E-state index in [1.54, 1.807) is 18.2 Å². The molecule has 2 fully saturated rings. The number of aromatic carboxylic acids is 1. The fraction of sp³-hybridized carbons (Fsp3) is 0.562. The van der Waals surface area contributed by atoms with Crippen LogP contribution in [0, 0.1) is 5.41 Å². The second kappa shape index (κ2) is 5.28. The highest BCUT2D eigenvalue weighted by Gasteiger charge is 2.48. The highest BCUT2D eigenvalue weighted by Crippen LogP contribution is 2.53. The molecule has 2 aliphatic rings. The third kappa shape index (κ3) is 2.39. The summed E-state index contributed by atoms with van der Waals surface area (Å²) in [6, 6.07) is 4.91. The molecule has 0 aromatic heterocycles. The smallest absolute Gasteiger partial charge is 0.337 e. The molecule has 0 heterocycles. The summed E-state index contributed by atoms with van der Waals surface area (Å²) in [7, 11) is 0. The van der Waals surface area contributed by atoms with E-state index in [9.17, 15) is 4.79 Å². The largest absolute Gasteiger partial charge is 0.490 e. The maximum absolute atomic E-state index is 11.1. The van der Waals surface area contributed by atoms with Crippen LogP contribution in [0.15, 0.2) is 18.2 Å². The van der Waals surface area contributed by atoms with E-state index in [1.165, 1.54) is 38.5 Å².